The van der Waals surface area contributed by atoms with Gasteiger partial charge in [-0.2, -0.15) is 0 Å². The molecule has 2 heterocycles. The molecular formula is C17H17N3O. The second kappa shape index (κ2) is 5.40. The molecule has 1 N–H and O–H groups in total. The summed E-state index contributed by atoms with van der Waals surface area (Å²) in [7, 11) is 1.79. The van der Waals surface area contributed by atoms with Gasteiger partial charge in [0.2, 0.25) is 0 Å². The lowest BCUT2D eigenvalue weighted by atomic mass is 10.1. The first-order valence-corrected chi connectivity index (χ1v) is 6.90. The SMILES string of the molecule is Cc1cccc(CNc2cc(=O)n(C)c3ccccc23)n1. The van der Waals surface area contributed by atoms with Crippen molar-refractivity contribution in [3.8, 4) is 0 Å². The summed E-state index contributed by atoms with van der Waals surface area (Å²) in [5, 5.41) is 4.36. The molecule has 0 atom stereocenters. The zero-order valence-corrected chi connectivity index (χ0v) is 12.1. The molecule has 0 bridgehead atoms. The topological polar surface area (TPSA) is 46.9 Å². The van der Waals surface area contributed by atoms with Crippen LogP contribution in [0.15, 0.2) is 53.3 Å². The lowest BCUT2D eigenvalue weighted by Crippen LogP contribution is -2.17. The predicted octanol–water partition coefficient (Wildman–Crippen LogP) is 2.85. The van der Waals surface area contributed by atoms with Gasteiger partial charge in [-0.25, -0.2) is 0 Å². The smallest absolute Gasteiger partial charge is 0.252 e. The summed E-state index contributed by atoms with van der Waals surface area (Å²) >= 11 is 0. The Morgan fingerprint density at radius 1 is 1.14 bits per heavy atom. The standard InChI is InChI=1S/C17H17N3O/c1-12-6-5-7-13(19-12)11-18-15-10-17(21)20(2)16-9-4-3-8-14(15)16/h3-10,18H,11H2,1-2H3. The van der Waals surface area contributed by atoms with E-state index < -0.39 is 0 Å². The van der Waals surface area contributed by atoms with Crippen LogP contribution in [0.3, 0.4) is 0 Å². The maximum atomic E-state index is 12.0. The van der Waals surface area contributed by atoms with E-state index in [2.05, 4.69) is 10.3 Å². The molecule has 0 saturated carbocycles. The van der Waals surface area contributed by atoms with Gasteiger partial charge in [0.25, 0.3) is 5.56 Å². The summed E-state index contributed by atoms with van der Waals surface area (Å²) in [6, 6.07) is 15.4. The van der Waals surface area contributed by atoms with E-state index in [1.807, 2.05) is 49.4 Å². The van der Waals surface area contributed by atoms with Crippen LogP contribution in [0.25, 0.3) is 10.9 Å². The van der Waals surface area contributed by atoms with Gasteiger partial charge in [0.1, 0.15) is 0 Å². The van der Waals surface area contributed by atoms with Crippen molar-refractivity contribution < 1.29 is 0 Å². The molecule has 0 unspecified atom stereocenters. The summed E-state index contributed by atoms with van der Waals surface area (Å²) in [4.78, 5) is 16.5. The number of anilines is 1. The molecule has 106 valence electrons. The molecule has 0 spiro atoms. The molecule has 0 aliphatic rings. The van der Waals surface area contributed by atoms with Crippen LogP contribution in [0.4, 0.5) is 5.69 Å². The van der Waals surface area contributed by atoms with Crippen LogP contribution in [0.2, 0.25) is 0 Å². The molecule has 0 aliphatic carbocycles. The van der Waals surface area contributed by atoms with Gasteiger partial charge >= 0.3 is 0 Å². The molecule has 0 amide bonds. The monoisotopic (exact) mass is 279 g/mol. The highest BCUT2D eigenvalue weighted by molar-refractivity contribution is 5.91. The highest BCUT2D eigenvalue weighted by Gasteiger charge is 2.06. The van der Waals surface area contributed by atoms with E-state index in [4.69, 9.17) is 0 Å². The maximum absolute atomic E-state index is 12.0. The van der Waals surface area contributed by atoms with E-state index in [-0.39, 0.29) is 5.56 Å². The van der Waals surface area contributed by atoms with Crippen LogP contribution in [0, 0.1) is 6.92 Å². The number of para-hydroxylation sites is 1. The minimum Gasteiger partial charge on any atom is -0.379 e. The first kappa shape index (κ1) is 13.4. The Balaban J connectivity index is 1.98. The van der Waals surface area contributed by atoms with Crippen LogP contribution in [0.1, 0.15) is 11.4 Å². The molecule has 0 aliphatic heterocycles. The molecule has 3 aromatic rings. The third-order valence-corrected chi connectivity index (χ3v) is 3.56. The minimum atomic E-state index is -0.0200. The van der Waals surface area contributed by atoms with Gasteiger partial charge in [-0.1, -0.05) is 24.3 Å². The Labute approximate surface area is 123 Å². The molecule has 3 rings (SSSR count). The number of benzene rings is 1. The van der Waals surface area contributed by atoms with E-state index in [1.165, 1.54) is 0 Å². The summed E-state index contributed by atoms with van der Waals surface area (Å²) in [5.74, 6) is 0. The quantitative estimate of drug-likeness (QED) is 0.802. The van der Waals surface area contributed by atoms with Crippen molar-refractivity contribution in [2.75, 3.05) is 5.32 Å². The Morgan fingerprint density at radius 2 is 1.95 bits per heavy atom. The summed E-state index contributed by atoms with van der Waals surface area (Å²) in [6.07, 6.45) is 0. The number of aromatic nitrogens is 2. The van der Waals surface area contributed by atoms with Crippen molar-refractivity contribution in [2.45, 2.75) is 13.5 Å². The van der Waals surface area contributed by atoms with Crippen molar-refractivity contribution in [3.63, 3.8) is 0 Å². The van der Waals surface area contributed by atoms with Crippen molar-refractivity contribution in [1.29, 1.82) is 0 Å². The second-order valence-electron chi connectivity index (χ2n) is 5.10. The average Bonchev–Trinajstić information content (AvgIpc) is 2.50. The molecule has 21 heavy (non-hydrogen) atoms. The van der Waals surface area contributed by atoms with E-state index in [1.54, 1.807) is 17.7 Å². The fourth-order valence-corrected chi connectivity index (χ4v) is 2.44. The number of nitrogens with zero attached hydrogens (tertiary/aromatic N) is 2. The predicted molar refractivity (Wildman–Crippen MR) is 85.5 cm³/mol. The van der Waals surface area contributed by atoms with Crippen molar-refractivity contribution >= 4 is 16.6 Å². The van der Waals surface area contributed by atoms with E-state index >= 15 is 0 Å². The molecule has 2 aromatic heterocycles. The maximum Gasteiger partial charge on any atom is 0.252 e. The Bertz CT molecular complexity index is 852. The molecule has 0 fully saturated rings. The van der Waals surface area contributed by atoms with Crippen LogP contribution in [-0.2, 0) is 13.6 Å². The Hall–Kier alpha value is -2.62. The number of aryl methyl sites for hydroxylation is 2. The molecule has 0 saturated heterocycles. The van der Waals surface area contributed by atoms with Crippen LogP contribution in [0.5, 0.6) is 0 Å². The third kappa shape index (κ3) is 2.65. The van der Waals surface area contributed by atoms with Crippen molar-refractivity contribution in [3.05, 3.63) is 70.3 Å². The largest absolute Gasteiger partial charge is 0.379 e. The summed E-state index contributed by atoms with van der Waals surface area (Å²) in [6.45, 7) is 2.57. The van der Waals surface area contributed by atoms with Gasteiger partial charge in [0.05, 0.1) is 17.8 Å². The first-order chi connectivity index (χ1) is 10.1. The van der Waals surface area contributed by atoms with Gasteiger partial charge in [-0.15, -0.1) is 0 Å². The van der Waals surface area contributed by atoms with Gasteiger partial charge in [-0.05, 0) is 25.1 Å². The van der Waals surface area contributed by atoms with Crippen LogP contribution in [-0.4, -0.2) is 9.55 Å². The summed E-state index contributed by atoms with van der Waals surface area (Å²) in [5.41, 5.74) is 3.69. The van der Waals surface area contributed by atoms with E-state index in [0.717, 1.165) is 28.0 Å². The normalized spacial score (nSPS) is 10.8. The number of rotatable bonds is 3. The van der Waals surface area contributed by atoms with Gasteiger partial charge in [-0.3, -0.25) is 9.78 Å². The number of pyridine rings is 2. The van der Waals surface area contributed by atoms with Gasteiger partial charge in [0.15, 0.2) is 0 Å². The van der Waals surface area contributed by atoms with E-state index in [9.17, 15) is 4.79 Å². The Morgan fingerprint density at radius 3 is 2.76 bits per heavy atom. The fourth-order valence-electron chi connectivity index (χ4n) is 2.44. The zero-order valence-electron chi connectivity index (χ0n) is 12.1. The number of hydrogen-bond donors (Lipinski definition) is 1. The van der Waals surface area contributed by atoms with E-state index in [0.29, 0.717) is 6.54 Å². The van der Waals surface area contributed by atoms with Crippen molar-refractivity contribution in [1.82, 2.24) is 9.55 Å². The molecule has 4 nitrogen and oxygen atoms in total. The first-order valence-electron chi connectivity index (χ1n) is 6.90. The van der Waals surface area contributed by atoms with Gasteiger partial charge < -0.3 is 9.88 Å². The lowest BCUT2D eigenvalue weighted by Gasteiger charge is -2.12. The highest BCUT2D eigenvalue weighted by atomic mass is 16.1. The third-order valence-electron chi connectivity index (χ3n) is 3.56. The molecular weight excluding hydrogens is 262 g/mol. The summed E-state index contributed by atoms with van der Waals surface area (Å²) < 4.78 is 1.66. The number of hydrogen-bond acceptors (Lipinski definition) is 3. The second-order valence-corrected chi connectivity index (χ2v) is 5.10. The average molecular weight is 279 g/mol. The number of fused-ring (bicyclic) bond motifs is 1. The number of nitrogens with one attached hydrogen (secondary N) is 1. The fraction of sp³-hybridized carbons (Fsp3) is 0.176. The molecule has 0 radical (unpaired) electrons. The van der Waals surface area contributed by atoms with Crippen LogP contribution >= 0.6 is 0 Å². The van der Waals surface area contributed by atoms with Gasteiger partial charge in [0, 0.05) is 29.9 Å². The molecule has 1 aromatic carbocycles. The highest BCUT2D eigenvalue weighted by Crippen LogP contribution is 2.21. The zero-order chi connectivity index (χ0) is 14.8. The lowest BCUT2D eigenvalue weighted by molar-refractivity contribution is 0.905. The minimum absolute atomic E-state index is 0.0200. The van der Waals surface area contributed by atoms with Crippen molar-refractivity contribution in [2.24, 2.45) is 7.05 Å². The van der Waals surface area contributed by atoms with Crippen LogP contribution < -0.4 is 10.9 Å². The Kier molecular flexibility index (Phi) is 3.44. The molecule has 4 heteroatoms.